The molecule has 0 spiro atoms. The Bertz CT molecular complexity index is 659. The van der Waals surface area contributed by atoms with Crippen LogP contribution < -0.4 is 0 Å². The lowest BCUT2D eigenvalue weighted by Gasteiger charge is -2.30. The maximum atomic E-state index is 13.3. The van der Waals surface area contributed by atoms with E-state index in [0.29, 0.717) is 5.69 Å². The van der Waals surface area contributed by atoms with Gasteiger partial charge in [-0.25, -0.2) is 9.37 Å². The van der Waals surface area contributed by atoms with Gasteiger partial charge < -0.3 is 9.47 Å². The molecular formula is C15H15F4N3. The van der Waals surface area contributed by atoms with Crippen molar-refractivity contribution in [3.63, 3.8) is 0 Å². The van der Waals surface area contributed by atoms with Crippen LogP contribution in [0.1, 0.15) is 12.0 Å². The van der Waals surface area contributed by atoms with Crippen molar-refractivity contribution in [2.45, 2.75) is 19.1 Å². The van der Waals surface area contributed by atoms with E-state index in [4.69, 9.17) is 0 Å². The quantitative estimate of drug-likeness (QED) is 0.807. The molecule has 0 unspecified atom stereocenters. The van der Waals surface area contributed by atoms with Crippen molar-refractivity contribution in [3.8, 4) is 11.3 Å². The first kappa shape index (κ1) is 15.0. The summed E-state index contributed by atoms with van der Waals surface area (Å²) in [4.78, 5) is 6.41. The molecule has 1 aromatic heterocycles. The highest BCUT2D eigenvalue weighted by Crippen LogP contribution is 2.33. The zero-order valence-electron chi connectivity index (χ0n) is 11.8. The van der Waals surface area contributed by atoms with Crippen molar-refractivity contribution in [3.05, 3.63) is 42.1 Å². The molecule has 7 heteroatoms. The minimum absolute atomic E-state index is 0.261. The molecule has 2 aromatic rings. The molecule has 118 valence electrons. The Morgan fingerprint density at radius 2 is 1.91 bits per heavy atom. The third-order valence-electron chi connectivity index (χ3n) is 3.82. The number of rotatable bonds is 4. The van der Waals surface area contributed by atoms with E-state index in [1.807, 2.05) is 4.57 Å². The predicted molar refractivity (Wildman–Crippen MR) is 73.7 cm³/mol. The Morgan fingerprint density at radius 1 is 1.14 bits per heavy atom. The lowest BCUT2D eigenvalue weighted by atomic mass is 10.1. The molecule has 1 aliphatic heterocycles. The monoisotopic (exact) mass is 313 g/mol. The minimum atomic E-state index is -4.71. The molecule has 0 radical (unpaired) electrons. The molecule has 0 bridgehead atoms. The minimum Gasteiger partial charge on any atom is -0.336 e. The summed E-state index contributed by atoms with van der Waals surface area (Å²) in [6.45, 7) is 3.82. The largest absolute Gasteiger partial charge is 0.419 e. The van der Waals surface area contributed by atoms with E-state index in [1.165, 1.54) is 12.5 Å². The lowest BCUT2D eigenvalue weighted by Crippen LogP contribution is -2.39. The number of hydrogen-bond acceptors (Lipinski definition) is 2. The summed E-state index contributed by atoms with van der Waals surface area (Å²) >= 11 is 0. The molecule has 1 saturated heterocycles. The van der Waals surface area contributed by atoms with Gasteiger partial charge in [0, 0.05) is 24.8 Å². The van der Waals surface area contributed by atoms with Crippen LogP contribution in [0.3, 0.4) is 0 Å². The van der Waals surface area contributed by atoms with Crippen LogP contribution in [0.25, 0.3) is 11.3 Å². The second-order valence-electron chi connectivity index (χ2n) is 5.38. The zero-order chi connectivity index (χ0) is 15.7. The first-order valence-corrected chi connectivity index (χ1v) is 7.05. The fourth-order valence-electron chi connectivity index (χ4n) is 2.40. The van der Waals surface area contributed by atoms with Gasteiger partial charge in [0.1, 0.15) is 5.82 Å². The predicted octanol–water partition coefficient (Wildman–Crippen LogP) is 3.41. The van der Waals surface area contributed by atoms with Gasteiger partial charge in [0.25, 0.3) is 0 Å². The van der Waals surface area contributed by atoms with Crippen LogP contribution in [0.15, 0.2) is 30.7 Å². The van der Waals surface area contributed by atoms with Crippen LogP contribution in [0, 0.1) is 5.82 Å². The number of halogens is 4. The van der Waals surface area contributed by atoms with Crippen molar-refractivity contribution in [2.75, 3.05) is 19.6 Å². The molecule has 0 aliphatic carbocycles. The first-order valence-electron chi connectivity index (χ1n) is 7.05. The van der Waals surface area contributed by atoms with E-state index in [0.717, 1.165) is 38.3 Å². The molecule has 22 heavy (non-hydrogen) atoms. The molecule has 0 atom stereocenters. The highest BCUT2D eigenvalue weighted by atomic mass is 19.4. The number of alkyl halides is 3. The van der Waals surface area contributed by atoms with Crippen LogP contribution in [0.4, 0.5) is 17.6 Å². The van der Waals surface area contributed by atoms with Crippen molar-refractivity contribution >= 4 is 0 Å². The number of benzene rings is 1. The molecule has 0 N–H and O–H groups in total. The molecule has 1 fully saturated rings. The van der Waals surface area contributed by atoms with Gasteiger partial charge in [0.2, 0.25) is 0 Å². The van der Waals surface area contributed by atoms with E-state index in [1.54, 1.807) is 12.5 Å². The maximum absolute atomic E-state index is 13.3. The van der Waals surface area contributed by atoms with E-state index in [9.17, 15) is 17.6 Å². The normalized spacial score (nSPS) is 15.8. The zero-order valence-corrected chi connectivity index (χ0v) is 11.8. The van der Waals surface area contributed by atoms with Crippen LogP contribution in [-0.4, -0.2) is 34.1 Å². The third-order valence-corrected chi connectivity index (χ3v) is 3.82. The number of hydrogen-bond donors (Lipinski definition) is 0. The number of nitrogens with zero attached hydrogens (tertiary/aromatic N) is 3. The highest BCUT2D eigenvalue weighted by molar-refractivity contribution is 5.59. The van der Waals surface area contributed by atoms with E-state index in [-0.39, 0.29) is 5.56 Å². The van der Waals surface area contributed by atoms with Gasteiger partial charge in [-0.05, 0) is 37.7 Å². The van der Waals surface area contributed by atoms with Gasteiger partial charge >= 0.3 is 6.18 Å². The molecular weight excluding hydrogens is 298 g/mol. The fraction of sp³-hybridized carbons (Fsp3) is 0.400. The molecule has 2 heterocycles. The summed E-state index contributed by atoms with van der Waals surface area (Å²) < 4.78 is 53.3. The van der Waals surface area contributed by atoms with E-state index >= 15 is 0 Å². The number of likely N-dealkylation sites (tertiary alicyclic amines) is 1. The van der Waals surface area contributed by atoms with E-state index < -0.39 is 17.6 Å². The second kappa shape index (κ2) is 5.72. The summed E-state index contributed by atoms with van der Waals surface area (Å²) in [5.74, 6) is -1.27. The highest BCUT2D eigenvalue weighted by Gasteiger charge is 2.34. The van der Waals surface area contributed by atoms with Crippen molar-refractivity contribution in [1.29, 1.82) is 0 Å². The Kier molecular flexibility index (Phi) is 3.90. The van der Waals surface area contributed by atoms with Gasteiger partial charge in [-0.2, -0.15) is 13.2 Å². The standard InChI is InChI=1S/C15H15F4N3/c16-13-3-2-11(8-12(13)15(17,18)19)14-9-22(10-20-14)7-6-21-4-1-5-21/h2-3,8-10H,1,4-7H2. The van der Waals surface area contributed by atoms with Crippen LogP contribution in [-0.2, 0) is 12.7 Å². The van der Waals surface area contributed by atoms with Crippen molar-refractivity contribution < 1.29 is 17.6 Å². The van der Waals surface area contributed by atoms with Crippen molar-refractivity contribution in [2.24, 2.45) is 0 Å². The molecule has 3 nitrogen and oxygen atoms in total. The molecule has 1 aromatic carbocycles. The average Bonchev–Trinajstić information content (AvgIpc) is 2.85. The van der Waals surface area contributed by atoms with Gasteiger partial charge in [0.15, 0.2) is 0 Å². The van der Waals surface area contributed by atoms with Gasteiger partial charge in [-0.1, -0.05) is 0 Å². The van der Waals surface area contributed by atoms with Gasteiger partial charge in [-0.15, -0.1) is 0 Å². The third kappa shape index (κ3) is 3.14. The van der Waals surface area contributed by atoms with Gasteiger partial charge in [0.05, 0.1) is 17.6 Å². The Morgan fingerprint density at radius 3 is 2.55 bits per heavy atom. The Hall–Kier alpha value is -1.89. The average molecular weight is 313 g/mol. The Balaban J connectivity index is 1.77. The second-order valence-corrected chi connectivity index (χ2v) is 5.38. The van der Waals surface area contributed by atoms with Gasteiger partial charge in [-0.3, -0.25) is 0 Å². The summed E-state index contributed by atoms with van der Waals surface area (Å²) in [5, 5.41) is 0. The van der Waals surface area contributed by atoms with Crippen LogP contribution in [0.2, 0.25) is 0 Å². The molecule has 0 amide bonds. The molecule has 3 rings (SSSR count). The van der Waals surface area contributed by atoms with Crippen LogP contribution in [0.5, 0.6) is 0 Å². The number of imidazole rings is 1. The van der Waals surface area contributed by atoms with E-state index in [2.05, 4.69) is 9.88 Å². The molecule has 0 saturated carbocycles. The first-order chi connectivity index (χ1) is 10.4. The van der Waals surface area contributed by atoms with Crippen molar-refractivity contribution in [1.82, 2.24) is 14.5 Å². The summed E-state index contributed by atoms with van der Waals surface area (Å²) in [6, 6.07) is 2.95. The lowest BCUT2D eigenvalue weighted by molar-refractivity contribution is -0.139. The summed E-state index contributed by atoms with van der Waals surface area (Å²) in [6.07, 6.45) is -0.218. The smallest absolute Gasteiger partial charge is 0.336 e. The maximum Gasteiger partial charge on any atom is 0.419 e. The Labute approximate surface area is 125 Å². The SMILES string of the molecule is Fc1ccc(-c2cn(CCN3CCC3)cn2)cc1C(F)(F)F. The topological polar surface area (TPSA) is 21.1 Å². The summed E-state index contributed by atoms with van der Waals surface area (Å²) in [5.41, 5.74) is -0.592. The fourth-order valence-corrected chi connectivity index (χ4v) is 2.40. The molecule has 1 aliphatic rings. The number of aromatic nitrogens is 2. The summed E-state index contributed by atoms with van der Waals surface area (Å²) in [7, 11) is 0. The van der Waals surface area contributed by atoms with Crippen LogP contribution >= 0.6 is 0 Å².